The summed E-state index contributed by atoms with van der Waals surface area (Å²) in [7, 11) is -2.63. The molecule has 0 unspecified atom stereocenters. The Labute approximate surface area is 231 Å². The average Bonchev–Trinajstić information content (AvgIpc) is 2.91. The third-order valence-electron chi connectivity index (χ3n) is 6.10. The quantitative estimate of drug-likeness (QED) is 0.384. The van der Waals surface area contributed by atoms with Crippen molar-refractivity contribution >= 4 is 27.5 Å². The minimum atomic E-state index is -4.12. The number of nitrogens with zero attached hydrogens (tertiary/aromatic N) is 2. The maximum Gasteiger partial charge on any atom is 0.264 e. The first-order valence-electron chi connectivity index (χ1n) is 12.8. The van der Waals surface area contributed by atoms with Crippen molar-refractivity contribution < 1.29 is 22.7 Å². The number of hydrogen-bond donors (Lipinski definition) is 1. The molecule has 9 heteroatoms. The monoisotopic (exact) mass is 551 g/mol. The Hall–Kier alpha value is -3.85. The van der Waals surface area contributed by atoms with Crippen LogP contribution < -0.4 is 14.4 Å². The Kier molecular flexibility index (Phi) is 9.75. The summed E-state index contributed by atoms with van der Waals surface area (Å²) in [6.45, 7) is 7.00. The number of sulfonamides is 1. The molecule has 1 atom stereocenters. The SMILES string of the molecule is COc1cccc(N(CC(=O)N(CCc2ccccc2)[C@H](C)C(=O)NC(C)(C)C)S(=O)(=O)c2ccccc2)c1. The standard InChI is InChI=1S/C30H37N3O5S/c1-23(29(35)31-30(2,3)4)32(20-19-24-13-8-6-9-14-24)28(34)22-33(25-15-12-16-26(21-25)38-5)39(36,37)27-17-10-7-11-18-27/h6-18,21,23H,19-20,22H2,1-5H3,(H,31,35)/t23-/m1/s1. The summed E-state index contributed by atoms with van der Waals surface area (Å²) in [5, 5.41) is 2.93. The fourth-order valence-electron chi connectivity index (χ4n) is 4.06. The van der Waals surface area contributed by atoms with Crippen molar-refractivity contribution in [2.75, 3.05) is 24.5 Å². The van der Waals surface area contributed by atoms with Crippen LogP contribution in [0.2, 0.25) is 0 Å². The van der Waals surface area contributed by atoms with Crippen molar-refractivity contribution in [3.63, 3.8) is 0 Å². The van der Waals surface area contributed by atoms with Crippen molar-refractivity contribution in [2.45, 2.75) is 50.6 Å². The average molecular weight is 552 g/mol. The minimum absolute atomic E-state index is 0.0509. The highest BCUT2D eigenvalue weighted by molar-refractivity contribution is 7.92. The van der Waals surface area contributed by atoms with E-state index >= 15 is 0 Å². The van der Waals surface area contributed by atoms with E-state index in [9.17, 15) is 18.0 Å². The van der Waals surface area contributed by atoms with Gasteiger partial charge in [-0.2, -0.15) is 0 Å². The lowest BCUT2D eigenvalue weighted by Gasteiger charge is -2.33. The maximum absolute atomic E-state index is 13.9. The number of amides is 2. The van der Waals surface area contributed by atoms with Crippen LogP contribution in [0.25, 0.3) is 0 Å². The number of hydrogen-bond acceptors (Lipinski definition) is 5. The lowest BCUT2D eigenvalue weighted by molar-refractivity contribution is -0.139. The van der Waals surface area contributed by atoms with E-state index in [0.29, 0.717) is 12.2 Å². The van der Waals surface area contributed by atoms with E-state index < -0.39 is 34.1 Å². The lowest BCUT2D eigenvalue weighted by Crippen LogP contribution is -2.55. The summed E-state index contributed by atoms with van der Waals surface area (Å²) < 4.78 is 34.0. The van der Waals surface area contributed by atoms with Gasteiger partial charge < -0.3 is 15.0 Å². The van der Waals surface area contributed by atoms with Crippen LogP contribution >= 0.6 is 0 Å². The Bertz CT molecular complexity index is 1360. The summed E-state index contributed by atoms with van der Waals surface area (Å²) in [4.78, 5) is 28.5. The van der Waals surface area contributed by atoms with E-state index in [0.717, 1.165) is 9.87 Å². The number of carbonyl (C=O) groups excluding carboxylic acids is 2. The predicted octanol–water partition coefficient (Wildman–Crippen LogP) is 4.27. The second-order valence-corrected chi connectivity index (χ2v) is 12.1. The van der Waals surface area contributed by atoms with Gasteiger partial charge in [-0.15, -0.1) is 0 Å². The normalized spacial score (nSPS) is 12.3. The lowest BCUT2D eigenvalue weighted by atomic mass is 10.1. The van der Waals surface area contributed by atoms with Gasteiger partial charge in [0.05, 0.1) is 17.7 Å². The van der Waals surface area contributed by atoms with Crippen molar-refractivity contribution in [2.24, 2.45) is 0 Å². The number of methoxy groups -OCH3 is 1. The van der Waals surface area contributed by atoms with E-state index in [2.05, 4.69) is 5.32 Å². The van der Waals surface area contributed by atoms with E-state index in [1.165, 1.54) is 24.1 Å². The molecule has 39 heavy (non-hydrogen) atoms. The Balaban J connectivity index is 1.99. The fourth-order valence-corrected chi connectivity index (χ4v) is 5.49. The van der Waals surface area contributed by atoms with Gasteiger partial charge in [0, 0.05) is 18.2 Å². The molecule has 208 valence electrons. The zero-order valence-corrected chi connectivity index (χ0v) is 23.9. The van der Waals surface area contributed by atoms with Gasteiger partial charge in [-0.05, 0) is 63.9 Å². The fraction of sp³-hybridized carbons (Fsp3) is 0.333. The molecule has 3 rings (SSSR count). The van der Waals surface area contributed by atoms with Crippen molar-refractivity contribution in [3.05, 3.63) is 90.5 Å². The predicted molar refractivity (Wildman–Crippen MR) is 153 cm³/mol. The molecular weight excluding hydrogens is 514 g/mol. The second kappa shape index (κ2) is 12.8. The molecule has 3 aromatic carbocycles. The van der Waals surface area contributed by atoms with E-state index in [4.69, 9.17) is 4.74 Å². The topological polar surface area (TPSA) is 96.0 Å². The number of ether oxygens (including phenoxy) is 1. The van der Waals surface area contributed by atoms with Gasteiger partial charge in [0.25, 0.3) is 10.0 Å². The molecule has 0 saturated heterocycles. The van der Waals surface area contributed by atoms with Crippen LogP contribution in [0.4, 0.5) is 5.69 Å². The molecule has 0 bridgehead atoms. The largest absolute Gasteiger partial charge is 0.497 e. The van der Waals surface area contributed by atoms with E-state index in [1.54, 1.807) is 49.4 Å². The smallest absolute Gasteiger partial charge is 0.264 e. The molecule has 2 amide bonds. The molecule has 8 nitrogen and oxygen atoms in total. The molecule has 1 N–H and O–H groups in total. The summed E-state index contributed by atoms with van der Waals surface area (Å²) in [5.74, 6) is -0.361. The maximum atomic E-state index is 13.9. The minimum Gasteiger partial charge on any atom is -0.497 e. The number of nitrogens with one attached hydrogen (secondary N) is 1. The summed E-state index contributed by atoms with van der Waals surface area (Å²) >= 11 is 0. The number of carbonyl (C=O) groups is 2. The van der Waals surface area contributed by atoms with Crippen LogP contribution in [0.5, 0.6) is 5.75 Å². The van der Waals surface area contributed by atoms with Gasteiger partial charge in [-0.3, -0.25) is 13.9 Å². The van der Waals surface area contributed by atoms with E-state index in [1.807, 2.05) is 51.1 Å². The van der Waals surface area contributed by atoms with Crippen molar-refractivity contribution in [1.82, 2.24) is 10.2 Å². The van der Waals surface area contributed by atoms with Crippen LogP contribution in [-0.2, 0) is 26.0 Å². The van der Waals surface area contributed by atoms with Gasteiger partial charge in [-0.25, -0.2) is 8.42 Å². The van der Waals surface area contributed by atoms with E-state index in [-0.39, 0.29) is 23.0 Å². The van der Waals surface area contributed by atoms with Gasteiger partial charge in [0.1, 0.15) is 18.3 Å². The third-order valence-corrected chi connectivity index (χ3v) is 7.89. The molecule has 0 aromatic heterocycles. The first-order chi connectivity index (χ1) is 18.4. The van der Waals surface area contributed by atoms with Gasteiger partial charge in [0.2, 0.25) is 11.8 Å². The highest BCUT2D eigenvalue weighted by Gasteiger charge is 2.33. The highest BCUT2D eigenvalue weighted by Crippen LogP contribution is 2.27. The molecular formula is C30H37N3O5S. The summed E-state index contributed by atoms with van der Waals surface area (Å²) in [5.41, 5.74) is 0.782. The number of anilines is 1. The summed E-state index contributed by atoms with van der Waals surface area (Å²) in [6, 6.07) is 23.3. The van der Waals surface area contributed by atoms with Crippen LogP contribution in [0.3, 0.4) is 0 Å². The third kappa shape index (κ3) is 8.07. The van der Waals surface area contributed by atoms with Crippen molar-refractivity contribution in [1.29, 1.82) is 0 Å². The molecule has 0 aliphatic carbocycles. The van der Waals surface area contributed by atoms with Crippen LogP contribution in [0.15, 0.2) is 89.8 Å². The van der Waals surface area contributed by atoms with Crippen molar-refractivity contribution in [3.8, 4) is 5.75 Å². The zero-order chi connectivity index (χ0) is 28.6. The van der Waals surface area contributed by atoms with Crippen LogP contribution in [-0.4, -0.2) is 56.9 Å². The summed E-state index contributed by atoms with van der Waals surface area (Å²) in [6.07, 6.45) is 0.504. The first kappa shape index (κ1) is 29.7. The zero-order valence-electron chi connectivity index (χ0n) is 23.1. The molecule has 0 aliphatic rings. The molecule has 0 spiro atoms. The first-order valence-corrected chi connectivity index (χ1v) is 14.2. The Morgan fingerprint density at radius 3 is 2.13 bits per heavy atom. The highest BCUT2D eigenvalue weighted by atomic mass is 32.2. The number of rotatable bonds is 11. The van der Waals surface area contributed by atoms with Gasteiger partial charge >= 0.3 is 0 Å². The molecule has 0 saturated carbocycles. The molecule has 0 aliphatic heterocycles. The Morgan fingerprint density at radius 1 is 0.923 bits per heavy atom. The molecule has 0 fully saturated rings. The second-order valence-electron chi connectivity index (χ2n) is 10.3. The number of benzene rings is 3. The molecule has 3 aromatic rings. The van der Waals surface area contributed by atoms with Crippen LogP contribution in [0, 0.1) is 0 Å². The van der Waals surface area contributed by atoms with Gasteiger partial charge in [-0.1, -0.05) is 54.6 Å². The molecule has 0 radical (unpaired) electrons. The van der Waals surface area contributed by atoms with Gasteiger partial charge in [0.15, 0.2) is 0 Å². The molecule has 0 heterocycles. The van der Waals surface area contributed by atoms with Crippen LogP contribution in [0.1, 0.15) is 33.3 Å². The Morgan fingerprint density at radius 2 is 1.54 bits per heavy atom.